The molecule has 9 nitrogen and oxygen atoms in total. The summed E-state index contributed by atoms with van der Waals surface area (Å²) >= 11 is 1.53. The Balaban J connectivity index is 2.61. The van der Waals surface area contributed by atoms with Gasteiger partial charge in [-0.1, -0.05) is 54.6 Å². The number of amides is 3. The summed E-state index contributed by atoms with van der Waals surface area (Å²) in [7, 11) is 0. The number of aryl methyl sites for hydroxylation is 2. The van der Waals surface area contributed by atoms with Crippen LogP contribution >= 0.6 is 11.8 Å². The summed E-state index contributed by atoms with van der Waals surface area (Å²) in [5.41, 5.74) is 1.78. The zero-order chi connectivity index (χ0) is 34.7. The summed E-state index contributed by atoms with van der Waals surface area (Å²) in [5.74, 6) is -1.05. The third-order valence-corrected chi connectivity index (χ3v) is 7.55. The van der Waals surface area contributed by atoms with Gasteiger partial charge in [0.15, 0.2) is 0 Å². The van der Waals surface area contributed by atoms with Crippen LogP contribution in [0.2, 0.25) is 0 Å². The van der Waals surface area contributed by atoms with Crippen LogP contribution in [0.3, 0.4) is 0 Å². The molecule has 10 heteroatoms. The zero-order valence-electron chi connectivity index (χ0n) is 28.8. The van der Waals surface area contributed by atoms with Gasteiger partial charge in [-0.25, -0.2) is 9.59 Å². The maximum atomic E-state index is 14.4. The van der Waals surface area contributed by atoms with Gasteiger partial charge in [-0.2, -0.15) is 11.8 Å². The second-order valence-corrected chi connectivity index (χ2v) is 14.3. The minimum Gasteiger partial charge on any atom is -0.458 e. The summed E-state index contributed by atoms with van der Waals surface area (Å²) in [6.45, 7) is 18.3. The molecule has 0 aliphatic heterocycles. The monoisotopic (exact) mass is 653 g/mol. The summed E-state index contributed by atoms with van der Waals surface area (Å²) in [6.07, 6.45) is 3.21. The highest BCUT2D eigenvalue weighted by atomic mass is 32.2. The van der Waals surface area contributed by atoms with Crippen molar-refractivity contribution in [3.8, 4) is 0 Å². The zero-order valence-corrected chi connectivity index (χ0v) is 29.6. The number of esters is 1. The average Bonchev–Trinajstić information content (AvgIpc) is 2.94. The van der Waals surface area contributed by atoms with Crippen LogP contribution in [-0.2, 0) is 30.3 Å². The Morgan fingerprint density at radius 3 is 2.07 bits per heavy atom. The van der Waals surface area contributed by atoms with Crippen molar-refractivity contribution in [3.63, 3.8) is 0 Å². The van der Waals surface area contributed by atoms with Crippen LogP contribution in [0.1, 0.15) is 76.3 Å². The van der Waals surface area contributed by atoms with E-state index in [9.17, 15) is 19.2 Å². The Kier molecular flexibility index (Phi) is 14.4. The number of carbonyl (C=O) groups excluding carboxylic acids is 4. The molecule has 0 aliphatic rings. The highest BCUT2D eigenvalue weighted by molar-refractivity contribution is 7.98. The molecule has 2 aromatic carbocycles. The highest BCUT2D eigenvalue weighted by Crippen LogP contribution is 2.26. The van der Waals surface area contributed by atoms with Crippen molar-refractivity contribution in [2.45, 2.75) is 97.6 Å². The molecule has 252 valence electrons. The van der Waals surface area contributed by atoms with Crippen LogP contribution in [0.25, 0.3) is 0 Å². The van der Waals surface area contributed by atoms with Gasteiger partial charge >= 0.3 is 12.1 Å². The van der Waals surface area contributed by atoms with Crippen LogP contribution in [0.4, 0.5) is 4.79 Å². The predicted octanol–water partition coefficient (Wildman–Crippen LogP) is 6.07. The van der Waals surface area contributed by atoms with Crippen LogP contribution in [-0.4, -0.2) is 70.6 Å². The molecule has 0 heterocycles. The van der Waals surface area contributed by atoms with E-state index in [0.29, 0.717) is 17.7 Å². The second-order valence-electron chi connectivity index (χ2n) is 13.3. The number of thioether (sulfide) groups is 1. The summed E-state index contributed by atoms with van der Waals surface area (Å²) in [6, 6.07) is 11.7. The SMILES string of the molecule is C=CCN(C(=O)C(CCSC)NC(=O)OC(C)(C)C)C(C(=O)NC(Cc1ccccc1)C(=O)OC(C)(C)C)c1ccc(C)c(C)c1. The fourth-order valence-corrected chi connectivity index (χ4v) is 5.15. The molecule has 3 atom stereocenters. The largest absolute Gasteiger partial charge is 0.458 e. The molecule has 0 radical (unpaired) electrons. The third-order valence-electron chi connectivity index (χ3n) is 6.91. The van der Waals surface area contributed by atoms with E-state index < -0.39 is 53.2 Å². The molecule has 2 aromatic rings. The van der Waals surface area contributed by atoms with E-state index in [1.807, 2.05) is 62.6 Å². The first kappa shape index (κ1) is 38.4. The van der Waals surface area contributed by atoms with E-state index >= 15 is 0 Å². The van der Waals surface area contributed by atoms with Crippen molar-refractivity contribution in [3.05, 3.63) is 83.4 Å². The van der Waals surface area contributed by atoms with Crippen molar-refractivity contribution in [2.24, 2.45) is 0 Å². The van der Waals surface area contributed by atoms with Gasteiger partial charge in [-0.05, 0) is 96.1 Å². The second kappa shape index (κ2) is 17.2. The number of nitrogens with one attached hydrogen (secondary N) is 2. The molecule has 0 aromatic heterocycles. The lowest BCUT2D eigenvalue weighted by molar-refractivity contribution is -0.159. The van der Waals surface area contributed by atoms with Crippen LogP contribution < -0.4 is 10.6 Å². The quantitative estimate of drug-likeness (QED) is 0.188. The molecule has 3 unspecified atom stereocenters. The number of hydrogen-bond acceptors (Lipinski definition) is 7. The first-order valence-electron chi connectivity index (χ1n) is 15.5. The van der Waals surface area contributed by atoms with Gasteiger partial charge < -0.3 is 25.0 Å². The molecule has 0 bridgehead atoms. The number of benzene rings is 2. The van der Waals surface area contributed by atoms with E-state index in [1.54, 1.807) is 47.6 Å². The number of nitrogens with zero attached hydrogens (tertiary/aromatic N) is 1. The number of ether oxygens (including phenoxy) is 2. The number of alkyl carbamates (subject to hydrolysis) is 1. The van der Waals surface area contributed by atoms with Gasteiger partial charge in [0.05, 0.1) is 0 Å². The van der Waals surface area contributed by atoms with Gasteiger partial charge in [-0.3, -0.25) is 9.59 Å². The van der Waals surface area contributed by atoms with Crippen molar-refractivity contribution < 1.29 is 28.7 Å². The molecule has 2 N–H and O–H groups in total. The standard InChI is InChI=1S/C36H51N3O6S/c1-11-20-39(32(41)28(19-21-46-10)38-34(43)45-36(7,8)9)30(27-18-17-24(2)25(3)22-27)31(40)37-29(33(42)44-35(4,5)6)23-26-15-13-12-14-16-26/h11-18,22,28-30H,1,19-21,23H2,2-10H3,(H,37,40)(H,38,43). The molecular formula is C36H51N3O6S. The Morgan fingerprint density at radius 2 is 1.52 bits per heavy atom. The summed E-state index contributed by atoms with van der Waals surface area (Å²) in [5, 5.41) is 5.63. The van der Waals surface area contributed by atoms with Gasteiger partial charge in [0, 0.05) is 13.0 Å². The molecular weight excluding hydrogens is 602 g/mol. The van der Waals surface area contributed by atoms with Crippen LogP contribution in [0, 0.1) is 13.8 Å². The molecule has 0 fully saturated rings. The van der Waals surface area contributed by atoms with Crippen molar-refractivity contribution in [1.29, 1.82) is 0 Å². The van der Waals surface area contributed by atoms with E-state index in [0.717, 1.165) is 16.7 Å². The average molecular weight is 654 g/mol. The van der Waals surface area contributed by atoms with Gasteiger partial charge in [0.25, 0.3) is 0 Å². The number of carbonyl (C=O) groups is 4. The Labute approximate surface area is 278 Å². The first-order valence-corrected chi connectivity index (χ1v) is 16.9. The predicted molar refractivity (Wildman–Crippen MR) is 185 cm³/mol. The fraction of sp³-hybridized carbons (Fsp3) is 0.500. The first-order chi connectivity index (χ1) is 21.5. The van der Waals surface area contributed by atoms with Crippen molar-refractivity contribution in [1.82, 2.24) is 15.5 Å². The van der Waals surface area contributed by atoms with E-state index in [1.165, 1.54) is 22.7 Å². The molecule has 0 saturated carbocycles. The summed E-state index contributed by atoms with van der Waals surface area (Å²) in [4.78, 5) is 56.4. The number of rotatable bonds is 14. The Bertz CT molecular complexity index is 1350. The third kappa shape index (κ3) is 12.5. The molecule has 0 spiro atoms. The lowest BCUT2D eigenvalue weighted by Gasteiger charge is -2.35. The van der Waals surface area contributed by atoms with Crippen LogP contribution in [0.5, 0.6) is 0 Å². The Morgan fingerprint density at radius 1 is 0.891 bits per heavy atom. The van der Waals surface area contributed by atoms with Crippen molar-refractivity contribution in [2.75, 3.05) is 18.6 Å². The smallest absolute Gasteiger partial charge is 0.408 e. The lowest BCUT2D eigenvalue weighted by Crippen LogP contribution is -2.55. The molecule has 2 rings (SSSR count). The molecule has 0 aliphatic carbocycles. The maximum Gasteiger partial charge on any atom is 0.408 e. The Hall–Kier alpha value is -3.79. The fourth-order valence-electron chi connectivity index (χ4n) is 4.68. The summed E-state index contributed by atoms with van der Waals surface area (Å²) < 4.78 is 11.2. The van der Waals surface area contributed by atoms with Gasteiger partial charge in [-0.15, -0.1) is 6.58 Å². The topological polar surface area (TPSA) is 114 Å². The van der Waals surface area contributed by atoms with E-state index in [-0.39, 0.29) is 13.0 Å². The van der Waals surface area contributed by atoms with Crippen LogP contribution in [0.15, 0.2) is 61.2 Å². The molecule has 46 heavy (non-hydrogen) atoms. The molecule has 3 amide bonds. The minimum atomic E-state index is -1.15. The van der Waals surface area contributed by atoms with Gasteiger partial charge in [0.1, 0.15) is 29.3 Å². The molecule has 0 saturated heterocycles. The van der Waals surface area contributed by atoms with E-state index in [4.69, 9.17) is 9.47 Å². The minimum absolute atomic E-state index is 0.00536. The van der Waals surface area contributed by atoms with Crippen molar-refractivity contribution >= 4 is 35.6 Å². The number of hydrogen-bond donors (Lipinski definition) is 2. The maximum absolute atomic E-state index is 14.4. The normalized spacial score (nSPS) is 13.5. The lowest BCUT2D eigenvalue weighted by atomic mass is 9.97. The van der Waals surface area contributed by atoms with E-state index in [2.05, 4.69) is 17.2 Å². The highest BCUT2D eigenvalue weighted by Gasteiger charge is 2.38. The van der Waals surface area contributed by atoms with Gasteiger partial charge in [0.2, 0.25) is 11.8 Å².